The molecule has 0 unspecified atom stereocenters. The monoisotopic (exact) mass is 291 g/mol. The van der Waals surface area contributed by atoms with E-state index in [-0.39, 0.29) is 12.2 Å². The van der Waals surface area contributed by atoms with Crippen LogP contribution in [0.25, 0.3) is 5.57 Å². The van der Waals surface area contributed by atoms with Crippen molar-refractivity contribution in [3.63, 3.8) is 0 Å². The van der Waals surface area contributed by atoms with Gasteiger partial charge in [0.1, 0.15) is 6.07 Å². The average molecular weight is 291 g/mol. The fourth-order valence-electron chi connectivity index (χ4n) is 1.72. The van der Waals surface area contributed by atoms with Crippen LogP contribution < -0.4 is 14.2 Å². The van der Waals surface area contributed by atoms with Crippen LogP contribution in [0.2, 0.25) is 0 Å². The third-order valence-electron chi connectivity index (χ3n) is 2.64. The van der Waals surface area contributed by atoms with Crippen molar-refractivity contribution < 1.29 is 23.7 Å². The molecular formula is C15H17NO5. The van der Waals surface area contributed by atoms with Gasteiger partial charge in [0.2, 0.25) is 5.75 Å². The van der Waals surface area contributed by atoms with E-state index in [1.54, 1.807) is 19.1 Å². The lowest BCUT2D eigenvalue weighted by molar-refractivity contribution is -0.137. The lowest BCUT2D eigenvalue weighted by atomic mass is 10.1. The quantitative estimate of drug-likeness (QED) is 0.454. The minimum atomic E-state index is -0.581. The van der Waals surface area contributed by atoms with E-state index in [4.69, 9.17) is 18.9 Å². The Hall–Kier alpha value is -2.68. The molecule has 0 saturated carbocycles. The summed E-state index contributed by atoms with van der Waals surface area (Å²) >= 11 is 0. The van der Waals surface area contributed by atoms with Crippen LogP contribution >= 0.6 is 0 Å². The van der Waals surface area contributed by atoms with Crippen LogP contribution in [0.4, 0.5) is 0 Å². The zero-order chi connectivity index (χ0) is 15.8. The molecule has 0 heterocycles. The summed E-state index contributed by atoms with van der Waals surface area (Å²) < 4.78 is 20.4. The minimum Gasteiger partial charge on any atom is -0.493 e. The maximum Gasteiger partial charge on any atom is 0.332 e. The van der Waals surface area contributed by atoms with Crippen LogP contribution in [0.5, 0.6) is 17.2 Å². The topological polar surface area (TPSA) is 77.8 Å². The Balaban J connectivity index is 3.35. The summed E-state index contributed by atoms with van der Waals surface area (Å²) in [5, 5.41) is 9.21. The minimum absolute atomic E-state index is 0.146. The summed E-state index contributed by atoms with van der Waals surface area (Å²) in [4.78, 5) is 11.5. The standard InChI is InChI=1S/C15H17NO5/c1-5-21-14(17)8-11(9-16)10-6-12(18-2)15(20-4)13(7-10)19-3/h6-8H,5H2,1-4H3. The highest BCUT2D eigenvalue weighted by Gasteiger charge is 2.16. The van der Waals surface area contributed by atoms with E-state index in [0.717, 1.165) is 6.08 Å². The molecule has 0 bridgehead atoms. The van der Waals surface area contributed by atoms with Crippen LogP contribution in [0, 0.1) is 11.3 Å². The van der Waals surface area contributed by atoms with Crippen molar-refractivity contribution in [3.05, 3.63) is 23.8 Å². The molecule has 112 valence electrons. The van der Waals surface area contributed by atoms with Crippen LogP contribution in [0.3, 0.4) is 0 Å². The number of benzene rings is 1. The molecule has 1 aromatic carbocycles. The zero-order valence-electron chi connectivity index (χ0n) is 12.4. The average Bonchev–Trinajstić information content (AvgIpc) is 2.51. The summed E-state index contributed by atoms with van der Waals surface area (Å²) in [5.41, 5.74) is 0.618. The first-order chi connectivity index (χ1) is 10.1. The number of esters is 1. The van der Waals surface area contributed by atoms with E-state index in [2.05, 4.69) is 0 Å². The fraction of sp³-hybridized carbons (Fsp3) is 0.333. The molecular weight excluding hydrogens is 274 g/mol. The van der Waals surface area contributed by atoms with Gasteiger partial charge in [-0.25, -0.2) is 4.79 Å². The molecule has 1 aromatic rings. The van der Waals surface area contributed by atoms with Crippen LogP contribution in [0.15, 0.2) is 18.2 Å². The molecule has 0 aromatic heterocycles. The highest BCUT2D eigenvalue weighted by Crippen LogP contribution is 2.39. The number of hydrogen-bond donors (Lipinski definition) is 0. The van der Waals surface area contributed by atoms with E-state index in [1.165, 1.54) is 21.3 Å². The number of allylic oxidation sites excluding steroid dienone is 1. The third-order valence-corrected chi connectivity index (χ3v) is 2.64. The van der Waals surface area contributed by atoms with Gasteiger partial charge in [-0.1, -0.05) is 0 Å². The Kier molecular flexibility index (Phi) is 6.08. The van der Waals surface area contributed by atoms with Gasteiger partial charge >= 0.3 is 5.97 Å². The van der Waals surface area contributed by atoms with E-state index in [0.29, 0.717) is 22.8 Å². The summed E-state index contributed by atoms with van der Waals surface area (Å²) in [6.07, 6.45) is 1.13. The molecule has 0 fully saturated rings. The molecule has 0 aliphatic rings. The lowest BCUT2D eigenvalue weighted by Gasteiger charge is -2.13. The molecule has 1 rings (SSSR count). The highest BCUT2D eigenvalue weighted by atomic mass is 16.5. The van der Waals surface area contributed by atoms with E-state index < -0.39 is 5.97 Å². The molecule has 0 N–H and O–H groups in total. The van der Waals surface area contributed by atoms with E-state index in [9.17, 15) is 10.1 Å². The van der Waals surface area contributed by atoms with Crippen molar-refractivity contribution in [3.8, 4) is 23.3 Å². The van der Waals surface area contributed by atoms with Gasteiger partial charge in [-0.3, -0.25) is 0 Å². The van der Waals surface area contributed by atoms with Crippen molar-refractivity contribution in [1.82, 2.24) is 0 Å². The second-order valence-electron chi connectivity index (χ2n) is 3.84. The van der Waals surface area contributed by atoms with Gasteiger partial charge in [-0.15, -0.1) is 0 Å². The predicted octanol–water partition coefficient (Wildman–Crippen LogP) is 2.18. The Labute approximate surface area is 123 Å². The van der Waals surface area contributed by atoms with Crippen molar-refractivity contribution >= 4 is 11.5 Å². The number of methoxy groups -OCH3 is 3. The van der Waals surface area contributed by atoms with E-state index in [1.807, 2.05) is 6.07 Å². The molecule has 0 amide bonds. The summed E-state index contributed by atoms with van der Waals surface area (Å²) in [6.45, 7) is 1.93. The molecule has 0 aliphatic heterocycles. The van der Waals surface area contributed by atoms with Gasteiger partial charge in [-0.2, -0.15) is 5.26 Å². The largest absolute Gasteiger partial charge is 0.493 e. The van der Waals surface area contributed by atoms with Gasteiger partial charge in [-0.05, 0) is 19.1 Å². The second kappa shape index (κ2) is 7.80. The molecule has 6 nitrogen and oxygen atoms in total. The van der Waals surface area contributed by atoms with Gasteiger partial charge in [0.25, 0.3) is 0 Å². The number of nitrogens with zero attached hydrogens (tertiary/aromatic N) is 1. The summed E-state index contributed by atoms with van der Waals surface area (Å²) in [7, 11) is 4.43. The van der Waals surface area contributed by atoms with Gasteiger partial charge < -0.3 is 18.9 Å². The lowest BCUT2D eigenvalue weighted by Crippen LogP contribution is -2.01. The fourth-order valence-corrected chi connectivity index (χ4v) is 1.72. The Bertz CT molecular complexity index is 561. The summed E-state index contributed by atoms with van der Waals surface area (Å²) in [6, 6.07) is 5.14. The van der Waals surface area contributed by atoms with E-state index >= 15 is 0 Å². The smallest absolute Gasteiger partial charge is 0.332 e. The number of hydrogen-bond acceptors (Lipinski definition) is 6. The Morgan fingerprint density at radius 3 is 2.14 bits per heavy atom. The normalized spacial score (nSPS) is 10.5. The first kappa shape index (κ1) is 16.4. The molecule has 0 spiro atoms. The SMILES string of the molecule is CCOC(=O)C=C(C#N)c1cc(OC)c(OC)c(OC)c1. The first-order valence-electron chi connectivity index (χ1n) is 6.20. The zero-order valence-corrected chi connectivity index (χ0v) is 12.4. The molecule has 6 heteroatoms. The Morgan fingerprint density at radius 1 is 1.19 bits per heavy atom. The van der Waals surface area contributed by atoms with Crippen LogP contribution in [-0.2, 0) is 9.53 Å². The maximum absolute atomic E-state index is 11.5. The molecule has 0 saturated heterocycles. The van der Waals surface area contributed by atoms with Crippen LogP contribution in [0.1, 0.15) is 12.5 Å². The molecule has 0 atom stereocenters. The molecule has 0 aliphatic carbocycles. The van der Waals surface area contributed by atoms with Crippen molar-refractivity contribution in [2.45, 2.75) is 6.92 Å². The predicted molar refractivity (Wildman–Crippen MR) is 76.3 cm³/mol. The van der Waals surface area contributed by atoms with Crippen molar-refractivity contribution in [1.29, 1.82) is 5.26 Å². The number of nitriles is 1. The number of ether oxygens (including phenoxy) is 4. The second-order valence-corrected chi connectivity index (χ2v) is 3.84. The highest BCUT2D eigenvalue weighted by molar-refractivity contribution is 5.95. The summed E-state index contributed by atoms with van der Waals surface area (Å²) in [5.74, 6) is 0.633. The van der Waals surface area contributed by atoms with Crippen LogP contribution in [-0.4, -0.2) is 33.9 Å². The Morgan fingerprint density at radius 2 is 1.76 bits per heavy atom. The number of carbonyl (C=O) groups excluding carboxylic acids is 1. The van der Waals surface area contributed by atoms with Crippen molar-refractivity contribution in [2.24, 2.45) is 0 Å². The maximum atomic E-state index is 11.5. The van der Waals surface area contributed by atoms with Crippen molar-refractivity contribution in [2.75, 3.05) is 27.9 Å². The number of rotatable bonds is 6. The van der Waals surface area contributed by atoms with Gasteiger partial charge in [0.15, 0.2) is 11.5 Å². The third kappa shape index (κ3) is 3.89. The first-order valence-corrected chi connectivity index (χ1v) is 6.20. The van der Waals surface area contributed by atoms with Gasteiger partial charge in [0, 0.05) is 11.6 Å². The molecule has 0 radical (unpaired) electrons. The van der Waals surface area contributed by atoms with Gasteiger partial charge in [0.05, 0.1) is 33.5 Å². The number of carbonyl (C=O) groups is 1. The molecule has 21 heavy (non-hydrogen) atoms.